The van der Waals surface area contributed by atoms with Gasteiger partial charge in [-0.3, -0.25) is 0 Å². The number of hydrogen-bond donors (Lipinski definition) is 1. The molecule has 1 N–H and O–H groups in total. The van der Waals surface area contributed by atoms with Crippen LogP contribution in [0.25, 0.3) is 0 Å². The molecule has 0 radical (unpaired) electrons. The molecule has 0 saturated heterocycles. The second-order valence-electron chi connectivity index (χ2n) is 5.03. The standard InChI is InChI=1S/C16H15ClFN/c1-10-3-2-4-11(7-10)13-5-6-19-16-14(13)8-12(17)9-15(16)18/h2-4,7-9,13,19H,5-6H2,1H3. The van der Waals surface area contributed by atoms with Gasteiger partial charge in [-0.25, -0.2) is 4.39 Å². The zero-order valence-electron chi connectivity index (χ0n) is 10.7. The molecule has 0 aliphatic carbocycles. The van der Waals surface area contributed by atoms with Gasteiger partial charge in [0.15, 0.2) is 0 Å². The molecular formula is C16H15ClFN. The molecule has 0 aromatic heterocycles. The van der Waals surface area contributed by atoms with Crippen molar-refractivity contribution < 1.29 is 4.39 Å². The molecule has 1 heterocycles. The molecule has 1 aliphatic heterocycles. The van der Waals surface area contributed by atoms with Crippen LogP contribution in [-0.2, 0) is 0 Å². The summed E-state index contributed by atoms with van der Waals surface area (Å²) in [6.07, 6.45) is 0.955. The predicted octanol–water partition coefficient (Wildman–Crippen LogP) is 4.74. The first kappa shape index (κ1) is 12.5. The molecule has 1 aliphatic rings. The summed E-state index contributed by atoms with van der Waals surface area (Å²) >= 11 is 6.00. The van der Waals surface area contributed by atoms with Gasteiger partial charge in [0.1, 0.15) is 5.82 Å². The van der Waals surface area contributed by atoms with E-state index in [1.165, 1.54) is 17.2 Å². The molecule has 0 fully saturated rings. The molecule has 19 heavy (non-hydrogen) atoms. The number of aryl methyl sites for hydroxylation is 1. The van der Waals surface area contributed by atoms with E-state index in [0.29, 0.717) is 10.7 Å². The van der Waals surface area contributed by atoms with E-state index < -0.39 is 0 Å². The van der Waals surface area contributed by atoms with Crippen molar-refractivity contribution in [2.75, 3.05) is 11.9 Å². The van der Waals surface area contributed by atoms with Gasteiger partial charge in [0, 0.05) is 17.5 Å². The number of halogens is 2. The Hall–Kier alpha value is -1.54. The average Bonchev–Trinajstić information content (AvgIpc) is 2.38. The zero-order valence-corrected chi connectivity index (χ0v) is 11.5. The Labute approximate surface area is 117 Å². The lowest BCUT2D eigenvalue weighted by molar-refractivity contribution is 0.614. The molecule has 0 saturated carbocycles. The molecule has 0 amide bonds. The summed E-state index contributed by atoms with van der Waals surface area (Å²) in [6, 6.07) is 11.6. The van der Waals surface area contributed by atoms with Crippen LogP contribution < -0.4 is 5.32 Å². The van der Waals surface area contributed by atoms with Crippen molar-refractivity contribution >= 4 is 17.3 Å². The van der Waals surface area contributed by atoms with Crippen LogP contribution in [0.2, 0.25) is 5.02 Å². The smallest absolute Gasteiger partial charge is 0.148 e. The van der Waals surface area contributed by atoms with Crippen molar-refractivity contribution in [3.05, 3.63) is 63.9 Å². The van der Waals surface area contributed by atoms with E-state index in [2.05, 4.69) is 30.4 Å². The molecule has 3 rings (SSSR count). The van der Waals surface area contributed by atoms with E-state index in [1.807, 2.05) is 12.1 Å². The molecule has 1 nitrogen and oxygen atoms in total. The van der Waals surface area contributed by atoms with Gasteiger partial charge < -0.3 is 5.32 Å². The van der Waals surface area contributed by atoms with Crippen LogP contribution in [0.5, 0.6) is 0 Å². The van der Waals surface area contributed by atoms with Gasteiger partial charge in [-0.1, -0.05) is 41.4 Å². The van der Waals surface area contributed by atoms with Gasteiger partial charge >= 0.3 is 0 Å². The monoisotopic (exact) mass is 275 g/mol. The zero-order chi connectivity index (χ0) is 13.4. The first-order valence-corrected chi connectivity index (χ1v) is 6.82. The van der Waals surface area contributed by atoms with Gasteiger partial charge in [-0.2, -0.15) is 0 Å². The van der Waals surface area contributed by atoms with Gasteiger partial charge in [0.25, 0.3) is 0 Å². The van der Waals surface area contributed by atoms with Gasteiger partial charge in [0.05, 0.1) is 5.69 Å². The third-order valence-corrected chi connectivity index (χ3v) is 3.86. The molecule has 1 unspecified atom stereocenters. The molecule has 98 valence electrons. The Morgan fingerprint density at radius 2 is 2.11 bits per heavy atom. The maximum atomic E-state index is 14.0. The van der Waals surface area contributed by atoms with Crippen LogP contribution in [0.15, 0.2) is 36.4 Å². The highest BCUT2D eigenvalue weighted by Gasteiger charge is 2.24. The summed E-state index contributed by atoms with van der Waals surface area (Å²) in [5.41, 5.74) is 4.01. The van der Waals surface area contributed by atoms with Crippen LogP contribution in [0.3, 0.4) is 0 Å². The molecule has 2 aromatic carbocycles. The second-order valence-corrected chi connectivity index (χ2v) is 5.47. The minimum Gasteiger partial charge on any atom is -0.382 e. The van der Waals surface area contributed by atoms with E-state index in [4.69, 9.17) is 11.6 Å². The summed E-state index contributed by atoms with van der Waals surface area (Å²) < 4.78 is 14.0. The summed E-state index contributed by atoms with van der Waals surface area (Å²) in [7, 11) is 0. The van der Waals surface area contributed by atoms with Crippen LogP contribution in [0.4, 0.5) is 10.1 Å². The van der Waals surface area contributed by atoms with Crippen molar-refractivity contribution in [1.82, 2.24) is 0 Å². The first-order chi connectivity index (χ1) is 9.15. The molecule has 0 bridgehead atoms. The van der Waals surface area contributed by atoms with Gasteiger partial charge in [-0.15, -0.1) is 0 Å². The number of hydrogen-bond acceptors (Lipinski definition) is 1. The highest BCUT2D eigenvalue weighted by Crippen LogP contribution is 2.39. The minimum absolute atomic E-state index is 0.212. The Balaban J connectivity index is 2.12. The summed E-state index contributed by atoms with van der Waals surface area (Å²) in [5.74, 6) is -0.0517. The maximum Gasteiger partial charge on any atom is 0.148 e. The lowest BCUT2D eigenvalue weighted by atomic mass is 9.84. The Bertz CT molecular complexity index is 624. The van der Waals surface area contributed by atoms with E-state index in [1.54, 1.807) is 0 Å². The SMILES string of the molecule is Cc1cccc(C2CCNc3c(F)cc(Cl)cc32)c1. The molecule has 0 spiro atoms. The lowest BCUT2D eigenvalue weighted by Crippen LogP contribution is -2.19. The third-order valence-electron chi connectivity index (χ3n) is 3.64. The van der Waals surface area contributed by atoms with Crippen LogP contribution in [0.1, 0.15) is 29.0 Å². The van der Waals surface area contributed by atoms with Crippen molar-refractivity contribution in [2.24, 2.45) is 0 Å². The van der Waals surface area contributed by atoms with Crippen molar-refractivity contribution in [2.45, 2.75) is 19.3 Å². The summed E-state index contributed by atoms with van der Waals surface area (Å²) in [6.45, 7) is 2.86. The van der Waals surface area contributed by atoms with Crippen LogP contribution >= 0.6 is 11.6 Å². The van der Waals surface area contributed by atoms with Gasteiger partial charge in [-0.05, 0) is 36.6 Å². The first-order valence-electron chi connectivity index (χ1n) is 6.44. The fraction of sp³-hybridized carbons (Fsp3) is 0.250. The van der Waals surface area contributed by atoms with E-state index in [9.17, 15) is 4.39 Å². The van der Waals surface area contributed by atoms with Crippen molar-refractivity contribution in [1.29, 1.82) is 0 Å². The van der Waals surface area contributed by atoms with Crippen LogP contribution in [-0.4, -0.2) is 6.54 Å². The minimum atomic E-state index is -0.264. The predicted molar refractivity (Wildman–Crippen MR) is 77.5 cm³/mol. The topological polar surface area (TPSA) is 12.0 Å². The largest absolute Gasteiger partial charge is 0.382 e. The molecule has 1 atom stereocenters. The summed E-state index contributed by atoms with van der Waals surface area (Å²) in [4.78, 5) is 0. The third kappa shape index (κ3) is 2.33. The highest BCUT2D eigenvalue weighted by atomic mass is 35.5. The number of nitrogens with one attached hydrogen (secondary N) is 1. The Kier molecular flexibility index (Phi) is 3.19. The number of benzene rings is 2. The lowest BCUT2D eigenvalue weighted by Gasteiger charge is -2.28. The molecule has 3 heteroatoms. The van der Waals surface area contributed by atoms with Gasteiger partial charge in [0.2, 0.25) is 0 Å². The number of fused-ring (bicyclic) bond motifs is 1. The number of rotatable bonds is 1. The van der Waals surface area contributed by atoms with Crippen molar-refractivity contribution in [3.8, 4) is 0 Å². The summed E-state index contributed by atoms with van der Waals surface area (Å²) in [5, 5.41) is 3.59. The fourth-order valence-electron chi connectivity index (χ4n) is 2.78. The second kappa shape index (κ2) is 4.86. The molecule has 2 aromatic rings. The fourth-order valence-corrected chi connectivity index (χ4v) is 3.00. The maximum absolute atomic E-state index is 14.0. The average molecular weight is 276 g/mol. The normalized spacial score (nSPS) is 17.7. The number of anilines is 1. The quantitative estimate of drug-likeness (QED) is 0.793. The Morgan fingerprint density at radius 1 is 1.26 bits per heavy atom. The Morgan fingerprint density at radius 3 is 2.89 bits per heavy atom. The van der Waals surface area contributed by atoms with E-state index >= 15 is 0 Å². The van der Waals surface area contributed by atoms with E-state index in [0.717, 1.165) is 18.5 Å². The van der Waals surface area contributed by atoms with Crippen LogP contribution in [0, 0.1) is 12.7 Å². The highest BCUT2D eigenvalue weighted by molar-refractivity contribution is 6.30. The van der Waals surface area contributed by atoms with E-state index in [-0.39, 0.29) is 11.7 Å². The van der Waals surface area contributed by atoms with Crippen molar-refractivity contribution in [3.63, 3.8) is 0 Å². The molecular weight excluding hydrogens is 261 g/mol.